The van der Waals surface area contributed by atoms with Gasteiger partial charge in [-0.1, -0.05) is 25.8 Å². The van der Waals surface area contributed by atoms with Crippen LogP contribution in [-0.4, -0.2) is 11.2 Å². The molecule has 0 aliphatic heterocycles. The van der Waals surface area contributed by atoms with Crippen LogP contribution in [0.25, 0.3) is 0 Å². The summed E-state index contributed by atoms with van der Waals surface area (Å²) in [5, 5.41) is 8.93. The first-order chi connectivity index (χ1) is 8.72. The van der Waals surface area contributed by atoms with Crippen molar-refractivity contribution >= 4 is 0 Å². The van der Waals surface area contributed by atoms with Crippen molar-refractivity contribution < 1.29 is 14.2 Å². The molecule has 0 spiro atoms. The summed E-state index contributed by atoms with van der Waals surface area (Å²) in [5.74, 6) is 0.651. The largest absolute Gasteiger partial charge is 0.487 e. The van der Waals surface area contributed by atoms with Crippen LogP contribution in [0, 0.1) is 11.7 Å². The Kier molecular flexibility index (Phi) is 4.59. The van der Waals surface area contributed by atoms with Crippen LogP contribution in [0.4, 0.5) is 4.39 Å². The van der Waals surface area contributed by atoms with Gasteiger partial charge in [0.1, 0.15) is 0 Å². The second-order valence-electron chi connectivity index (χ2n) is 5.10. The molecular formula is C15H21FO2. The van der Waals surface area contributed by atoms with Gasteiger partial charge in [0.25, 0.3) is 0 Å². The van der Waals surface area contributed by atoms with Gasteiger partial charge in [0.2, 0.25) is 0 Å². The van der Waals surface area contributed by atoms with E-state index in [2.05, 4.69) is 6.92 Å². The van der Waals surface area contributed by atoms with Gasteiger partial charge in [0, 0.05) is 0 Å². The second kappa shape index (κ2) is 6.19. The van der Waals surface area contributed by atoms with E-state index in [0.29, 0.717) is 17.2 Å². The third kappa shape index (κ3) is 3.22. The first-order valence-corrected chi connectivity index (χ1v) is 6.78. The number of rotatable bonds is 4. The van der Waals surface area contributed by atoms with Gasteiger partial charge >= 0.3 is 0 Å². The molecule has 0 amide bonds. The van der Waals surface area contributed by atoms with E-state index in [0.717, 1.165) is 12.8 Å². The molecule has 1 aromatic carbocycles. The lowest BCUT2D eigenvalue weighted by atomic mass is 9.85. The maximum absolute atomic E-state index is 13.7. The summed E-state index contributed by atoms with van der Waals surface area (Å²) >= 11 is 0. The molecule has 1 saturated carbocycles. The van der Waals surface area contributed by atoms with E-state index in [1.165, 1.54) is 25.3 Å². The van der Waals surface area contributed by atoms with Crippen LogP contribution in [0.5, 0.6) is 5.75 Å². The minimum atomic E-state index is -0.375. The monoisotopic (exact) mass is 252 g/mol. The fourth-order valence-electron chi connectivity index (χ4n) is 2.64. The zero-order valence-corrected chi connectivity index (χ0v) is 10.9. The number of ether oxygens (including phenoxy) is 1. The van der Waals surface area contributed by atoms with Crippen LogP contribution >= 0.6 is 0 Å². The van der Waals surface area contributed by atoms with E-state index < -0.39 is 0 Å². The molecule has 2 rings (SSSR count). The Morgan fingerprint density at radius 3 is 2.89 bits per heavy atom. The summed E-state index contributed by atoms with van der Waals surface area (Å²) in [7, 11) is 0. The Hall–Kier alpha value is -1.09. The first kappa shape index (κ1) is 13.3. The Morgan fingerprint density at radius 2 is 2.22 bits per heavy atom. The van der Waals surface area contributed by atoms with Crippen molar-refractivity contribution in [3.63, 3.8) is 0 Å². The van der Waals surface area contributed by atoms with Gasteiger partial charge in [-0.15, -0.1) is 0 Å². The molecule has 1 N–H and O–H groups in total. The highest BCUT2D eigenvalue weighted by molar-refractivity contribution is 5.29. The molecule has 0 saturated heterocycles. The van der Waals surface area contributed by atoms with E-state index >= 15 is 0 Å². The summed E-state index contributed by atoms with van der Waals surface area (Å²) in [4.78, 5) is 0. The molecule has 0 aromatic heterocycles. The molecule has 100 valence electrons. The van der Waals surface area contributed by atoms with Crippen LogP contribution in [0.1, 0.15) is 44.6 Å². The Balaban J connectivity index is 2.00. The van der Waals surface area contributed by atoms with Gasteiger partial charge in [-0.2, -0.15) is 0 Å². The molecule has 0 bridgehead atoms. The van der Waals surface area contributed by atoms with Gasteiger partial charge in [-0.25, -0.2) is 4.39 Å². The molecule has 1 aromatic rings. The van der Waals surface area contributed by atoms with Gasteiger partial charge in [-0.3, -0.25) is 0 Å². The van der Waals surface area contributed by atoms with E-state index in [1.807, 2.05) is 0 Å². The second-order valence-corrected chi connectivity index (χ2v) is 5.10. The molecule has 2 atom stereocenters. The van der Waals surface area contributed by atoms with Crippen molar-refractivity contribution in [3.05, 3.63) is 29.6 Å². The van der Waals surface area contributed by atoms with Crippen LogP contribution < -0.4 is 4.74 Å². The third-order valence-electron chi connectivity index (χ3n) is 3.78. The fraction of sp³-hybridized carbons (Fsp3) is 0.600. The molecule has 1 aliphatic carbocycles. The predicted octanol–water partition coefficient (Wildman–Crippen LogP) is 3.67. The zero-order chi connectivity index (χ0) is 13.0. The van der Waals surface area contributed by atoms with Gasteiger partial charge in [-0.05, 0) is 42.9 Å². The molecule has 1 fully saturated rings. The quantitative estimate of drug-likeness (QED) is 0.886. The van der Waals surface area contributed by atoms with Crippen molar-refractivity contribution in [2.75, 3.05) is 0 Å². The number of hydrogen-bond acceptors (Lipinski definition) is 2. The number of hydrogen-bond donors (Lipinski definition) is 1. The number of aliphatic hydroxyl groups excluding tert-OH is 1. The Morgan fingerprint density at radius 1 is 1.39 bits per heavy atom. The van der Waals surface area contributed by atoms with Gasteiger partial charge in [0.05, 0.1) is 12.7 Å². The van der Waals surface area contributed by atoms with E-state index in [9.17, 15) is 4.39 Å². The third-order valence-corrected chi connectivity index (χ3v) is 3.78. The number of benzene rings is 1. The van der Waals surface area contributed by atoms with E-state index in [1.54, 1.807) is 12.1 Å². The van der Waals surface area contributed by atoms with Crippen LogP contribution in [0.3, 0.4) is 0 Å². The highest BCUT2D eigenvalue weighted by atomic mass is 19.1. The smallest absolute Gasteiger partial charge is 0.165 e. The van der Waals surface area contributed by atoms with E-state index in [-0.39, 0.29) is 18.5 Å². The van der Waals surface area contributed by atoms with Crippen molar-refractivity contribution in [1.29, 1.82) is 0 Å². The van der Waals surface area contributed by atoms with Crippen molar-refractivity contribution in [2.45, 2.75) is 51.7 Å². The minimum absolute atomic E-state index is 0.137. The minimum Gasteiger partial charge on any atom is -0.487 e. The topological polar surface area (TPSA) is 29.5 Å². The van der Waals surface area contributed by atoms with E-state index in [4.69, 9.17) is 9.84 Å². The van der Waals surface area contributed by atoms with Crippen molar-refractivity contribution in [3.8, 4) is 5.75 Å². The summed E-state index contributed by atoms with van der Waals surface area (Å²) < 4.78 is 19.5. The molecule has 0 heterocycles. The van der Waals surface area contributed by atoms with Gasteiger partial charge < -0.3 is 9.84 Å². The lowest BCUT2D eigenvalue weighted by molar-refractivity contribution is 0.117. The standard InChI is InChI=1S/C15H21FO2/c1-2-11-4-3-5-13(8-11)18-15-7-6-12(10-17)9-14(15)16/h6-7,9,11,13,17H,2-5,8,10H2,1H3. The molecule has 0 radical (unpaired) electrons. The summed E-state index contributed by atoms with van der Waals surface area (Å²) in [5.41, 5.74) is 0.579. The molecule has 2 unspecified atom stereocenters. The molecule has 3 heteroatoms. The maximum Gasteiger partial charge on any atom is 0.165 e. The first-order valence-electron chi connectivity index (χ1n) is 6.78. The van der Waals surface area contributed by atoms with Crippen LogP contribution in [0.15, 0.2) is 18.2 Å². The Bertz CT molecular complexity index is 392. The lowest BCUT2D eigenvalue weighted by Crippen LogP contribution is -2.25. The van der Waals surface area contributed by atoms with Crippen LogP contribution in [-0.2, 0) is 6.61 Å². The molecule has 18 heavy (non-hydrogen) atoms. The maximum atomic E-state index is 13.7. The van der Waals surface area contributed by atoms with Gasteiger partial charge in [0.15, 0.2) is 11.6 Å². The number of halogens is 1. The van der Waals surface area contributed by atoms with Crippen molar-refractivity contribution in [1.82, 2.24) is 0 Å². The molecular weight excluding hydrogens is 231 g/mol. The lowest BCUT2D eigenvalue weighted by Gasteiger charge is -2.29. The highest BCUT2D eigenvalue weighted by Crippen LogP contribution is 2.30. The van der Waals surface area contributed by atoms with Crippen molar-refractivity contribution in [2.24, 2.45) is 5.92 Å². The molecule has 1 aliphatic rings. The van der Waals surface area contributed by atoms with Crippen LogP contribution in [0.2, 0.25) is 0 Å². The predicted molar refractivity (Wildman–Crippen MR) is 69.0 cm³/mol. The number of aliphatic hydroxyl groups is 1. The average Bonchev–Trinajstić information content (AvgIpc) is 2.41. The molecule has 2 nitrogen and oxygen atoms in total. The highest BCUT2D eigenvalue weighted by Gasteiger charge is 2.22. The SMILES string of the molecule is CCC1CCCC(Oc2ccc(CO)cc2F)C1. The average molecular weight is 252 g/mol. The summed E-state index contributed by atoms with van der Waals surface area (Å²) in [6.45, 7) is 2.06. The normalized spacial score (nSPS) is 23.9. The fourth-order valence-corrected chi connectivity index (χ4v) is 2.64. The Labute approximate surface area is 108 Å². The zero-order valence-electron chi connectivity index (χ0n) is 10.9. The summed E-state index contributed by atoms with van der Waals surface area (Å²) in [6.07, 6.45) is 5.78. The summed E-state index contributed by atoms with van der Waals surface area (Å²) in [6, 6.07) is 4.67.